The number of carbonyl (C=O) groups excluding carboxylic acids is 1. The summed E-state index contributed by atoms with van der Waals surface area (Å²) in [6.45, 7) is 3.27. The maximum Gasteiger partial charge on any atom is 0.290 e. The van der Waals surface area contributed by atoms with Crippen molar-refractivity contribution in [2.24, 2.45) is 0 Å². The summed E-state index contributed by atoms with van der Waals surface area (Å²) < 4.78 is 17.2. The van der Waals surface area contributed by atoms with Crippen LogP contribution in [0.15, 0.2) is 82.0 Å². The van der Waals surface area contributed by atoms with Crippen molar-refractivity contribution >= 4 is 16.9 Å². The van der Waals surface area contributed by atoms with E-state index in [0.717, 1.165) is 41.9 Å². The fourth-order valence-electron chi connectivity index (χ4n) is 4.87. The van der Waals surface area contributed by atoms with Gasteiger partial charge in [0.1, 0.15) is 17.1 Å². The minimum Gasteiger partial charge on any atom is -0.497 e. The summed E-state index contributed by atoms with van der Waals surface area (Å²) in [5.41, 5.74) is 2.58. The zero-order valence-electron chi connectivity index (χ0n) is 21.2. The second-order valence-electron chi connectivity index (χ2n) is 9.29. The van der Waals surface area contributed by atoms with E-state index in [1.165, 1.54) is 0 Å². The maximum atomic E-state index is 13.6. The van der Waals surface area contributed by atoms with Gasteiger partial charge < -0.3 is 18.8 Å². The van der Waals surface area contributed by atoms with E-state index in [1.807, 2.05) is 54.6 Å². The van der Waals surface area contributed by atoms with Gasteiger partial charge in [0.15, 0.2) is 5.43 Å². The number of methoxy groups -OCH3 is 1. The van der Waals surface area contributed by atoms with Crippen molar-refractivity contribution in [3.05, 3.63) is 105 Å². The Balaban J connectivity index is 1.49. The van der Waals surface area contributed by atoms with Crippen molar-refractivity contribution in [1.82, 2.24) is 4.90 Å². The van der Waals surface area contributed by atoms with Gasteiger partial charge in [0.25, 0.3) is 5.91 Å². The Bertz CT molecular complexity index is 1440. The van der Waals surface area contributed by atoms with E-state index in [4.69, 9.17) is 13.9 Å². The molecule has 37 heavy (non-hydrogen) atoms. The third kappa shape index (κ3) is 4.96. The number of fused-ring (bicyclic) bond motifs is 2. The summed E-state index contributed by atoms with van der Waals surface area (Å²) >= 11 is 0. The molecule has 0 bridgehead atoms. The maximum absolute atomic E-state index is 13.6. The van der Waals surface area contributed by atoms with E-state index in [1.54, 1.807) is 30.2 Å². The van der Waals surface area contributed by atoms with Crippen LogP contribution in [-0.4, -0.2) is 31.1 Å². The summed E-state index contributed by atoms with van der Waals surface area (Å²) in [4.78, 5) is 29.0. The molecule has 3 aromatic carbocycles. The molecular formula is C31H31NO5. The number of carbonyl (C=O) groups is 1. The molecule has 2 heterocycles. The normalized spacial score (nSPS) is 14.7. The number of hydrogen-bond acceptors (Lipinski definition) is 5. The summed E-state index contributed by atoms with van der Waals surface area (Å²) in [6, 6.07) is 22.0. The standard InChI is InChI=1S/C31H31NO5/c1-3-4-7-20-36-24-16-12-22(13-17-24)28-27-29(33)25-8-5-6-9-26(25)37-30(27)31(34)32(28)19-18-21-10-14-23(35-2)15-11-21/h5-6,8-17,28H,3-4,7,18-20H2,1-2H3. The van der Waals surface area contributed by atoms with Crippen LogP contribution in [0.3, 0.4) is 0 Å². The highest BCUT2D eigenvalue weighted by molar-refractivity contribution is 5.99. The van der Waals surface area contributed by atoms with Gasteiger partial charge in [0, 0.05) is 6.54 Å². The van der Waals surface area contributed by atoms with E-state index in [-0.39, 0.29) is 17.1 Å². The van der Waals surface area contributed by atoms with E-state index < -0.39 is 6.04 Å². The van der Waals surface area contributed by atoms with Gasteiger partial charge in [0.05, 0.1) is 30.7 Å². The second-order valence-corrected chi connectivity index (χ2v) is 9.29. The molecule has 6 nitrogen and oxygen atoms in total. The number of unbranched alkanes of at least 4 members (excludes halogenated alkanes) is 2. The number of nitrogens with zero attached hydrogens (tertiary/aromatic N) is 1. The van der Waals surface area contributed by atoms with Crippen molar-refractivity contribution in [2.75, 3.05) is 20.3 Å². The SMILES string of the molecule is CCCCCOc1ccc(C2c3c(oc4ccccc4c3=O)C(=O)N2CCc2ccc(OC)cc2)cc1. The largest absolute Gasteiger partial charge is 0.497 e. The van der Waals surface area contributed by atoms with Gasteiger partial charge in [0.2, 0.25) is 5.76 Å². The Labute approximate surface area is 216 Å². The molecule has 1 atom stereocenters. The monoisotopic (exact) mass is 497 g/mol. The van der Waals surface area contributed by atoms with Crippen molar-refractivity contribution in [3.63, 3.8) is 0 Å². The van der Waals surface area contributed by atoms with Crippen LogP contribution in [0.2, 0.25) is 0 Å². The fourth-order valence-corrected chi connectivity index (χ4v) is 4.87. The summed E-state index contributed by atoms with van der Waals surface area (Å²) in [7, 11) is 1.63. The van der Waals surface area contributed by atoms with Crippen LogP contribution >= 0.6 is 0 Å². The predicted octanol–water partition coefficient (Wildman–Crippen LogP) is 6.16. The Morgan fingerprint density at radius 2 is 1.62 bits per heavy atom. The molecule has 1 aliphatic heterocycles. The number of benzene rings is 3. The van der Waals surface area contributed by atoms with E-state index in [2.05, 4.69) is 6.92 Å². The van der Waals surface area contributed by atoms with Gasteiger partial charge in [-0.25, -0.2) is 0 Å². The molecule has 5 rings (SSSR count). The fraction of sp³-hybridized carbons (Fsp3) is 0.290. The molecule has 190 valence electrons. The van der Waals surface area contributed by atoms with E-state index >= 15 is 0 Å². The van der Waals surface area contributed by atoms with Crippen LogP contribution in [-0.2, 0) is 6.42 Å². The lowest BCUT2D eigenvalue weighted by Gasteiger charge is -2.25. The molecule has 0 aliphatic carbocycles. The highest BCUT2D eigenvalue weighted by atomic mass is 16.5. The van der Waals surface area contributed by atoms with Crippen LogP contribution in [0.4, 0.5) is 0 Å². The molecule has 1 aliphatic rings. The van der Waals surface area contributed by atoms with Crippen LogP contribution in [0.5, 0.6) is 11.5 Å². The minimum atomic E-state index is -0.532. The molecule has 1 amide bonds. The summed E-state index contributed by atoms with van der Waals surface area (Å²) in [6.07, 6.45) is 3.91. The van der Waals surface area contributed by atoms with Gasteiger partial charge >= 0.3 is 0 Å². The summed E-state index contributed by atoms with van der Waals surface area (Å²) in [5.74, 6) is 1.42. The van der Waals surface area contributed by atoms with Crippen molar-refractivity contribution in [2.45, 2.75) is 38.6 Å². The lowest BCUT2D eigenvalue weighted by Crippen LogP contribution is -2.31. The third-order valence-electron chi connectivity index (χ3n) is 6.89. The Kier molecular flexibility index (Phi) is 7.26. The zero-order valence-corrected chi connectivity index (χ0v) is 21.2. The molecule has 0 saturated heterocycles. The lowest BCUT2D eigenvalue weighted by atomic mass is 9.98. The Morgan fingerprint density at radius 1 is 0.892 bits per heavy atom. The van der Waals surface area contributed by atoms with Crippen LogP contribution < -0.4 is 14.9 Å². The predicted molar refractivity (Wildman–Crippen MR) is 144 cm³/mol. The van der Waals surface area contributed by atoms with Crippen LogP contribution in [0.25, 0.3) is 11.0 Å². The topological polar surface area (TPSA) is 69.0 Å². The van der Waals surface area contributed by atoms with Crippen LogP contribution in [0.1, 0.15) is 59.5 Å². The van der Waals surface area contributed by atoms with Gasteiger partial charge in [-0.3, -0.25) is 9.59 Å². The van der Waals surface area contributed by atoms with Crippen molar-refractivity contribution in [3.8, 4) is 11.5 Å². The first-order valence-electron chi connectivity index (χ1n) is 12.8. The first-order chi connectivity index (χ1) is 18.1. The quantitative estimate of drug-likeness (QED) is 0.246. The number of hydrogen-bond donors (Lipinski definition) is 0. The highest BCUT2D eigenvalue weighted by Crippen LogP contribution is 2.38. The third-order valence-corrected chi connectivity index (χ3v) is 6.89. The Hall–Kier alpha value is -4.06. The van der Waals surface area contributed by atoms with Crippen molar-refractivity contribution in [1.29, 1.82) is 0 Å². The number of ether oxygens (including phenoxy) is 2. The van der Waals surface area contributed by atoms with E-state index in [0.29, 0.717) is 36.1 Å². The second kappa shape index (κ2) is 10.9. The first-order valence-corrected chi connectivity index (χ1v) is 12.8. The van der Waals surface area contributed by atoms with Gasteiger partial charge in [-0.2, -0.15) is 0 Å². The molecule has 0 N–H and O–H groups in total. The average molecular weight is 498 g/mol. The minimum absolute atomic E-state index is 0.128. The molecule has 1 unspecified atom stereocenters. The molecule has 0 spiro atoms. The molecular weight excluding hydrogens is 466 g/mol. The average Bonchev–Trinajstić information content (AvgIpc) is 3.22. The number of para-hydroxylation sites is 1. The zero-order chi connectivity index (χ0) is 25.8. The molecule has 0 fully saturated rings. The molecule has 0 saturated carbocycles. The highest BCUT2D eigenvalue weighted by Gasteiger charge is 2.42. The lowest BCUT2D eigenvalue weighted by molar-refractivity contribution is 0.0730. The van der Waals surface area contributed by atoms with E-state index in [9.17, 15) is 9.59 Å². The Morgan fingerprint density at radius 3 is 2.35 bits per heavy atom. The van der Waals surface area contributed by atoms with Gasteiger partial charge in [-0.05, 0) is 60.4 Å². The molecule has 1 aromatic heterocycles. The first kappa shape index (κ1) is 24.6. The smallest absolute Gasteiger partial charge is 0.290 e. The molecule has 0 radical (unpaired) electrons. The van der Waals surface area contributed by atoms with Gasteiger partial charge in [-0.1, -0.05) is 56.2 Å². The number of rotatable bonds is 10. The molecule has 4 aromatic rings. The van der Waals surface area contributed by atoms with Crippen molar-refractivity contribution < 1.29 is 18.7 Å². The summed E-state index contributed by atoms with van der Waals surface area (Å²) in [5, 5.41) is 0.479. The molecule has 6 heteroatoms. The van der Waals surface area contributed by atoms with Gasteiger partial charge in [-0.15, -0.1) is 0 Å². The number of amides is 1. The van der Waals surface area contributed by atoms with Crippen LogP contribution in [0, 0.1) is 0 Å².